The highest BCUT2D eigenvalue weighted by Crippen LogP contribution is 2.00. The molecule has 11 heavy (non-hydrogen) atoms. The molecule has 0 saturated carbocycles. The van der Waals surface area contributed by atoms with Gasteiger partial charge < -0.3 is 0 Å². The summed E-state index contributed by atoms with van der Waals surface area (Å²) in [5, 5.41) is 0. The Hall–Kier alpha value is -0.850. The average Bonchev–Trinajstić information content (AvgIpc) is 2.03. The summed E-state index contributed by atoms with van der Waals surface area (Å²) >= 11 is 0. The van der Waals surface area contributed by atoms with Crippen molar-refractivity contribution in [1.82, 2.24) is 0 Å². The molecular formula is C10H17N. The van der Waals surface area contributed by atoms with Crippen LogP contribution in [-0.4, -0.2) is 12.8 Å². The largest absolute Gasteiger partial charge is 0.293 e. The van der Waals surface area contributed by atoms with Gasteiger partial charge in [-0.05, 0) is 25.8 Å². The van der Waals surface area contributed by atoms with Crippen molar-refractivity contribution < 1.29 is 0 Å². The smallest absolute Gasteiger partial charge is 0.0371 e. The summed E-state index contributed by atoms with van der Waals surface area (Å²) in [4.78, 5) is 4.17. The highest BCUT2D eigenvalue weighted by Gasteiger charge is 1.94. The van der Waals surface area contributed by atoms with Crippen LogP contribution in [0.5, 0.6) is 0 Å². The van der Waals surface area contributed by atoms with E-state index in [0.29, 0.717) is 0 Å². The molecule has 0 aromatic rings. The molecule has 0 aromatic carbocycles. The predicted molar refractivity (Wildman–Crippen MR) is 52.2 cm³/mol. The fourth-order valence-electron chi connectivity index (χ4n) is 0.950. The summed E-state index contributed by atoms with van der Waals surface area (Å²) in [5.74, 6) is 0. The zero-order chi connectivity index (χ0) is 8.69. The Labute approximate surface area is 69.5 Å². The monoisotopic (exact) mass is 151 g/mol. The van der Waals surface area contributed by atoms with E-state index in [2.05, 4.69) is 24.9 Å². The predicted octanol–water partition coefficient (Wildman–Crippen LogP) is 2.99. The van der Waals surface area contributed by atoms with Crippen molar-refractivity contribution in [3.63, 3.8) is 0 Å². The van der Waals surface area contributed by atoms with Crippen LogP contribution < -0.4 is 0 Å². The lowest BCUT2D eigenvalue weighted by atomic mass is 10.1. The molecule has 0 radical (unpaired) electrons. The SMILES string of the molecule is C/C=C\C=C(/C)C(CC)=NC. The molecule has 0 aliphatic carbocycles. The fourth-order valence-corrected chi connectivity index (χ4v) is 0.950. The molecule has 0 spiro atoms. The molecule has 1 heteroatoms. The second kappa shape index (κ2) is 5.90. The van der Waals surface area contributed by atoms with Crippen LogP contribution in [-0.2, 0) is 0 Å². The van der Waals surface area contributed by atoms with Crippen molar-refractivity contribution in [3.8, 4) is 0 Å². The minimum Gasteiger partial charge on any atom is -0.293 e. The van der Waals surface area contributed by atoms with Crippen molar-refractivity contribution >= 4 is 5.71 Å². The Kier molecular flexibility index (Phi) is 5.44. The van der Waals surface area contributed by atoms with Crippen molar-refractivity contribution in [1.29, 1.82) is 0 Å². The van der Waals surface area contributed by atoms with Crippen molar-refractivity contribution in [3.05, 3.63) is 23.8 Å². The van der Waals surface area contributed by atoms with Crippen molar-refractivity contribution in [2.75, 3.05) is 7.05 Å². The molecule has 0 atom stereocenters. The van der Waals surface area contributed by atoms with E-state index in [9.17, 15) is 0 Å². The Bertz CT molecular complexity index is 185. The van der Waals surface area contributed by atoms with Gasteiger partial charge in [0, 0.05) is 12.8 Å². The number of rotatable bonds is 3. The lowest BCUT2D eigenvalue weighted by molar-refractivity contribution is 1.23. The van der Waals surface area contributed by atoms with Gasteiger partial charge in [0.05, 0.1) is 0 Å². The van der Waals surface area contributed by atoms with E-state index in [4.69, 9.17) is 0 Å². The van der Waals surface area contributed by atoms with E-state index in [1.165, 1.54) is 11.3 Å². The third-order valence-corrected chi connectivity index (χ3v) is 1.60. The summed E-state index contributed by atoms with van der Waals surface area (Å²) in [7, 11) is 1.84. The first-order valence-electron chi connectivity index (χ1n) is 4.01. The first kappa shape index (κ1) is 10.2. The third kappa shape index (κ3) is 3.76. The van der Waals surface area contributed by atoms with Crippen LogP contribution in [0, 0.1) is 0 Å². The van der Waals surface area contributed by atoms with Crippen LogP contribution in [0.4, 0.5) is 0 Å². The highest BCUT2D eigenvalue weighted by atomic mass is 14.7. The molecule has 0 amide bonds. The van der Waals surface area contributed by atoms with Crippen LogP contribution in [0.2, 0.25) is 0 Å². The number of nitrogens with zero attached hydrogens (tertiary/aromatic N) is 1. The second-order valence-corrected chi connectivity index (χ2v) is 2.40. The van der Waals surface area contributed by atoms with Gasteiger partial charge >= 0.3 is 0 Å². The first-order chi connectivity index (χ1) is 5.26. The quantitative estimate of drug-likeness (QED) is 0.434. The standard InChI is InChI=1S/C10H17N/c1-5-7-8-9(3)10(6-2)11-4/h5,7-8H,6H2,1-4H3/b7-5-,9-8+,11-10?. The minimum absolute atomic E-state index is 1.01. The van der Waals surface area contributed by atoms with Crippen LogP contribution >= 0.6 is 0 Å². The molecule has 0 fully saturated rings. The van der Waals surface area contributed by atoms with E-state index in [0.717, 1.165) is 6.42 Å². The minimum atomic E-state index is 1.01. The molecule has 0 aliphatic heterocycles. The lowest BCUT2D eigenvalue weighted by Gasteiger charge is -1.99. The second-order valence-electron chi connectivity index (χ2n) is 2.40. The van der Waals surface area contributed by atoms with Crippen LogP contribution in [0.25, 0.3) is 0 Å². The van der Waals surface area contributed by atoms with E-state index < -0.39 is 0 Å². The van der Waals surface area contributed by atoms with Gasteiger partial charge in [-0.2, -0.15) is 0 Å². The third-order valence-electron chi connectivity index (χ3n) is 1.60. The van der Waals surface area contributed by atoms with Gasteiger partial charge in [-0.3, -0.25) is 4.99 Å². The average molecular weight is 151 g/mol. The van der Waals surface area contributed by atoms with Crippen molar-refractivity contribution in [2.24, 2.45) is 4.99 Å². The molecule has 0 bridgehead atoms. The maximum absolute atomic E-state index is 4.17. The van der Waals surface area contributed by atoms with Gasteiger partial charge in [-0.1, -0.05) is 25.2 Å². The molecule has 0 rings (SSSR count). The van der Waals surface area contributed by atoms with E-state index in [1.807, 2.05) is 26.1 Å². The maximum atomic E-state index is 4.17. The summed E-state index contributed by atoms with van der Waals surface area (Å²) in [6, 6.07) is 0. The Morgan fingerprint density at radius 3 is 2.45 bits per heavy atom. The summed E-state index contributed by atoms with van der Waals surface area (Å²) < 4.78 is 0. The summed E-state index contributed by atoms with van der Waals surface area (Å²) in [5.41, 5.74) is 2.44. The van der Waals surface area contributed by atoms with E-state index in [1.54, 1.807) is 0 Å². The Morgan fingerprint density at radius 1 is 1.45 bits per heavy atom. The number of hydrogen-bond donors (Lipinski definition) is 0. The van der Waals surface area contributed by atoms with Crippen LogP contribution in [0.15, 0.2) is 28.8 Å². The van der Waals surface area contributed by atoms with E-state index >= 15 is 0 Å². The molecule has 0 N–H and O–H groups in total. The van der Waals surface area contributed by atoms with Crippen LogP contribution in [0.3, 0.4) is 0 Å². The number of allylic oxidation sites excluding steroid dienone is 4. The zero-order valence-corrected chi connectivity index (χ0v) is 7.89. The highest BCUT2D eigenvalue weighted by molar-refractivity contribution is 5.99. The van der Waals surface area contributed by atoms with Gasteiger partial charge in [0.1, 0.15) is 0 Å². The molecule has 1 nitrogen and oxygen atoms in total. The molecule has 0 unspecified atom stereocenters. The molecule has 62 valence electrons. The van der Waals surface area contributed by atoms with Gasteiger partial charge in [0.25, 0.3) is 0 Å². The van der Waals surface area contributed by atoms with Crippen molar-refractivity contribution in [2.45, 2.75) is 27.2 Å². The molecule has 0 aromatic heterocycles. The summed E-state index contributed by atoms with van der Waals surface area (Å²) in [6.45, 7) is 6.22. The normalized spacial score (nSPS) is 14.5. The van der Waals surface area contributed by atoms with E-state index in [-0.39, 0.29) is 0 Å². The summed E-state index contributed by atoms with van der Waals surface area (Å²) in [6.07, 6.45) is 7.16. The first-order valence-corrected chi connectivity index (χ1v) is 4.01. The molecule has 0 heterocycles. The van der Waals surface area contributed by atoms with Gasteiger partial charge in [0.2, 0.25) is 0 Å². The molecular weight excluding hydrogens is 134 g/mol. The van der Waals surface area contributed by atoms with Gasteiger partial charge in [0.15, 0.2) is 0 Å². The van der Waals surface area contributed by atoms with Crippen LogP contribution in [0.1, 0.15) is 27.2 Å². The number of aliphatic imine (C=N–C) groups is 1. The molecule has 0 saturated heterocycles. The topological polar surface area (TPSA) is 12.4 Å². The Morgan fingerprint density at radius 2 is 2.09 bits per heavy atom. The lowest BCUT2D eigenvalue weighted by Crippen LogP contribution is -1.96. The number of hydrogen-bond acceptors (Lipinski definition) is 1. The fraction of sp³-hybridized carbons (Fsp3) is 0.500. The Balaban J connectivity index is 4.32. The molecule has 0 aliphatic rings. The van der Waals surface area contributed by atoms with Gasteiger partial charge in [-0.15, -0.1) is 0 Å². The van der Waals surface area contributed by atoms with Gasteiger partial charge in [-0.25, -0.2) is 0 Å². The maximum Gasteiger partial charge on any atom is 0.0371 e. The zero-order valence-electron chi connectivity index (χ0n) is 7.89.